The molecule has 2 heterocycles. The van der Waals surface area contributed by atoms with Crippen molar-refractivity contribution in [3.8, 4) is 0 Å². The van der Waals surface area contributed by atoms with Crippen molar-refractivity contribution >= 4 is 44.2 Å². The van der Waals surface area contributed by atoms with Gasteiger partial charge in [-0.2, -0.15) is 0 Å². The summed E-state index contributed by atoms with van der Waals surface area (Å²) in [5, 5.41) is 7.91. The van der Waals surface area contributed by atoms with E-state index in [1.165, 1.54) is 0 Å². The minimum absolute atomic E-state index is 0.0629. The Bertz CT molecular complexity index is 1050. The highest BCUT2D eigenvalue weighted by Crippen LogP contribution is 2.29. The lowest BCUT2D eigenvalue weighted by Crippen LogP contribution is -2.40. The van der Waals surface area contributed by atoms with E-state index in [1.54, 1.807) is 18.5 Å². The van der Waals surface area contributed by atoms with E-state index in [9.17, 15) is 4.79 Å². The second-order valence-corrected chi connectivity index (χ2v) is 8.91. The van der Waals surface area contributed by atoms with Crippen LogP contribution in [0.4, 0.5) is 11.5 Å². The number of halogens is 1. The van der Waals surface area contributed by atoms with Crippen LogP contribution in [0.25, 0.3) is 10.9 Å². The Morgan fingerprint density at radius 3 is 2.53 bits per heavy atom. The molecule has 1 aliphatic rings. The Labute approximate surface area is 185 Å². The maximum atomic E-state index is 12.5. The van der Waals surface area contributed by atoms with Crippen molar-refractivity contribution in [2.24, 2.45) is 0 Å². The third-order valence-corrected chi connectivity index (χ3v) is 5.99. The Kier molecular flexibility index (Phi) is 6.18. The van der Waals surface area contributed by atoms with Gasteiger partial charge in [-0.05, 0) is 53.7 Å². The molecule has 30 heavy (non-hydrogen) atoms. The van der Waals surface area contributed by atoms with Gasteiger partial charge in [-0.15, -0.1) is 0 Å². The summed E-state index contributed by atoms with van der Waals surface area (Å²) in [5.41, 5.74) is 2.74. The zero-order valence-electron chi connectivity index (χ0n) is 17.2. The van der Waals surface area contributed by atoms with Gasteiger partial charge in [0.05, 0.1) is 11.1 Å². The summed E-state index contributed by atoms with van der Waals surface area (Å²) in [6, 6.07) is 12.7. The molecule has 6 nitrogen and oxygen atoms in total. The van der Waals surface area contributed by atoms with E-state index in [0.717, 1.165) is 52.6 Å². The molecule has 0 atom stereocenters. The molecule has 0 aliphatic heterocycles. The van der Waals surface area contributed by atoms with Gasteiger partial charge in [-0.3, -0.25) is 9.78 Å². The lowest BCUT2D eigenvalue weighted by atomic mass is 9.91. The van der Waals surface area contributed by atoms with E-state index >= 15 is 0 Å². The molecule has 1 amide bonds. The lowest BCUT2D eigenvalue weighted by Gasteiger charge is -2.30. The number of carbonyl (C=O) groups excluding carboxylic acids is 1. The zero-order valence-corrected chi connectivity index (χ0v) is 18.8. The third kappa shape index (κ3) is 4.73. The van der Waals surface area contributed by atoms with Gasteiger partial charge in [0, 0.05) is 60.2 Å². The summed E-state index contributed by atoms with van der Waals surface area (Å²) in [7, 11) is 4.11. The molecular formula is C23H26BrN5O. The molecule has 0 radical (unpaired) electrons. The van der Waals surface area contributed by atoms with E-state index in [0.29, 0.717) is 11.6 Å². The number of nitrogens with one attached hydrogen (secondary N) is 2. The second kappa shape index (κ2) is 9.00. The summed E-state index contributed by atoms with van der Waals surface area (Å²) in [5.74, 6) is 0.845. The average molecular weight is 468 g/mol. The predicted molar refractivity (Wildman–Crippen MR) is 125 cm³/mol. The van der Waals surface area contributed by atoms with Crippen LogP contribution >= 0.6 is 15.9 Å². The van der Waals surface area contributed by atoms with Gasteiger partial charge in [-0.1, -0.05) is 18.2 Å². The SMILES string of the molecule is CN(C)c1cc(NC2CCC(NC(=O)c3cncc(Br)c3)CC2)nc2ccccc12. The van der Waals surface area contributed by atoms with Crippen molar-refractivity contribution in [3.63, 3.8) is 0 Å². The van der Waals surface area contributed by atoms with Crippen molar-refractivity contribution in [2.45, 2.75) is 37.8 Å². The quantitative estimate of drug-likeness (QED) is 0.573. The van der Waals surface area contributed by atoms with Crippen LogP contribution in [0.3, 0.4) is 0 Å². The van der Waals surface area contributed by atoms with E-state index in [1.807, 2.05) is 12.1 Å². The molecule has 7 heteroatoms. The second-order valence-electron chi connectivity index (χ2n) is 8.00. The first-order valence-corrected chi connectivity index (χ1v) is 11.0. The van der Waals surface area contributed by atoms with Crippen molar-refractivity contribution in [3.05, 3.63) is 58.8 Å². The fourth-order valence-corrected chi connectivity index (χ4v) is 4.36. The minimum Gasteiger partial charge on any atom is -0.377 e. The number of rotatable bonds is 5. The lowest BCUT2D eigenvalue weighted by molar-refractivity contribution is 0.0926. The Morgan fingerprint density at radius 2 is 1.80 bits per heavy atom. The van der Waals surface area contributed by atoms with Crippen LogP contribution in [-0.2, 0) is 0 Å². The number of nitrogens with zero attached hydrogens (tertiary/aromatic N) is 3. The van der Waals surface area contributed by atoms with E-state index in [-0.39, 0.29) is 11.9 Å². The maximum absolute atomic E-state index is 12.5. The van der Waals surface area contributed by atoms with Gasteiger partial charge in [0.25, 0.3) is 5.91 Å². The highest BCUT2D eigenvalue weighted by atomic mass is 79.9. The van der Waals surface area contributed by atoms with Gasteiger partial charge in [0.1, 0.15) is 5.82 Å². The van der Waals surface area contributed by atoms with E-state index in [2.05, 4.69) is 68.7 Å². The molecule has 0 unspecified atom stereocenters. The van der Waals surface area contributed by atoms with Gasteiger partial charge in [0.2, 0.25) is 0 Å². The fourth-order valence-electron chi connectivity index (χ4n) is 4.00. The number of benzene rings is 1. The normalized spacial score (nSPS) is 18.8. The van der Waals surface area contributed by atoms with Crippen LogP contribution in [0.5, 0.6) is 0 Å². The summed E-state index contributed by atoms with van der Waals surface area (Å²) < 4.78 is 0.808. The smallest absolute Gasteiger partial charge is 0.253 e. The van der Waals surface area contributed by atoms with Gasteiger partial charge < -0.3 is 15.5 Å². The number of amides is 1. The molecule has 2 N–H and O–H groups in total. The van der Waals surface area contributed by atoms with Crippen molar-refractivity contribution in [1.29, 1.82) is 0 Å². The van der Waals surface area contributed by atoms with Crippen molar-refractivity contribution < 1.29 is 4.79 Å². The first-order valence-electron chi connectivity index (χ1n) is 10.2. The number of carbonyl (C=O) groups is 1. The van der Waals surface area contributed by atoms with Crippen molar-refractivity contribution in [1.82, 2.24) is 15.3 Å². The molecule has 1 fully saturated rings. The van der Waals surface area contributed by atoms with E-state index < -0.39 is 0 Å². The largest absolute Gasteiger partial charge is 0.377 e. The maximum Gasteiger partial charge on any atom is 0.253 e. The standard InChI is InChI=1S/C23H26BrN5O/c1-29(2)21-12-22(28-20-6-4-3-5-19(20)21)26-17-7-9-18(10-8-17)27-23(30)15-11-16(24)14-25-13-15/h3-6,11-14,17-18H,7-10H2,1-2H3,(H,26,28)(H,27,30). The first kappa shape index (κ1) is 20.6. The van der Waals surface area contributed by atoms with Crippen LogP contribution in [0.15, 0.2) is 53.3 Å². The molecule has 3 aromatic rings. The van der Waals surface area contributed by atoms with Crippen LogP contribution in [-0.4, -0.2) is 42.1 Å². The Balaban J connectivity index is 1.37. The number of aromatic nitrogens is 2. The molecule has 0 spiro atoms. The highest BCUT2D eigenvalue weighted by molar-refractivity contribution is 9.10. The Morgan fingerprint density at radius 1 is 1.07 bits per heavy atom. The molecule has 4 rings (SSSR count). The van der Waals surface area contributed by atoms with Crippen LogP contribution < -0.4 is 15.5 Å². The number of fused-ring (bicyclic) bond motifs is 1. The number of pyridine rings is 2. The molecular weight excluding hydrogens is 442 g/mol. The molecule has 1 aromatic carbocycles. The summed E-state index contributed by atoms with van der Waals surface area (Å²) in [6.45, 7) is 0. The van der Waals surface area contributed by atoms with Gasteiger partial charge in [-0.25, -0.2) is 4.98 Å². The molecule has 1 saturated carbocycles. The number of para-hydroxylation sites is 1. The summed E-state index contributed by atoms with van der Waals surface area (Å²) in [6.07, 6.45) is 7.15. The average Bonchev–Trinajstić information content (AvgIpc) is 2.74. The minimum atomic E-state index is -0.0629. The molecule has 156 valence electrons. The van der Waals surface area contributed by atoms with Crippen LogP contribution in [0.2, 0.25) is 0 Å². The topological polar surface area (TPSA) is 70.2 Å². The van der Waals surface area contributed by atoms with Crippen molar-refractivity contribution in [2.75, 3.05) is 24.3 Å². The highest BCUT2D eigenvalue weighted by Gasteiger charge is 2.23. The third-order valence-electron chi connectivity index (χ3n) is 5.56. The zero-order chi connectivity index (χ0) is 21.1. The van der Waals surface area contributed by atoms with Crippen LogP contribution in [0.1, 0.15) is 36.0 Å². The first-order chi connectivity index (χ1) is 14.5. The van der Waals surface area contributed by atoms with Crippen LogP contribution in [0, 0.1) is 0 Å². The molecule has 0 bridgehead atoms. The molecule has 2 aromatic heterocycles. The fraction of sp³-hybridized carbons (Fsp3) is 0.348. The summed E-state index contributed by atoms with van der Waals surface area (Å²) >= 11 is 3.36. The predicted octanol–water partition coefficient (Wildman–Crippen LogP) is 4.61. The monoisotopic (exact) mass is 467 g/mol. The number of hydrogen-bond donors (Lipinski definition) is 2. The Hall–Kier alpha value is -2.67. The van der Waals surface area contributed by atoms with Gasteiger partial charge in [0.15, 0.2) is 0 Å². The van der Waals surface area contributed by atoms with Gasteiger partial charge >= 0.3 is 0 Å². The summed E-state index contributed by atoms with van der Waals surface area (Å²) in [4.78, 5) is 23.5. The van der Waals surface area contributed by atoms with E-state index in [4.69, 9.17) is 4.98 Å². The molecule has 0 saturated heterocycles. The number of anilines is 2. The molecule has 1 aliphatic carbocycles. The number of hydrogen-bond acceptors (Lipinski definition) is 5.